The SMILES string of the molecule is CS(=O)(=O)NCCC(=O)N1CCC2(CC1)Cc1cccc(c1)Oc1cccc(c1)CCNC2=O. The number of carbonyl (C=O) groups excluding carboxylic acids is 2. The quantitative estimate of drug-likeness (QED) is 0.691. The minimum absolute atomic E-state index is 0.0139. The lowest BCUT2D eigenvalue weighted by Crippen LogP contribution is -2.51. The topological polar surface area (TPSA) is 105 Å². The Balaban J connectivity index is 1.49. The summed E-state index contributed by atoms with van der Waals surface area (Å²) >= 11 is 0. The minimum Gasteiger partial charge on any atom is -0.457 e. The predicted molar refractivity (Wildman–Crippen MR) is 129 cm³/mol. The minimum atomic E-state index is -3.33. The maximum Gasteiger partial charge on any atom is 0.226 e. The molecule has 1 spiro atoms. The molecule has 182 valence electrons. The zero-order chi connectivity index (χ0) is 24.2. The lowest BCUT2D eigenvalue weighted by Gasteiger charge is -2.41. The van der Waals surface area contributed by atoms with Crippen LogP contribution >= 0.6 is 0 Å². The number of amides is 2. The Hall–Kier alpha value is -2.91. The second kappa shape index (κ2) is 10.1. The van der Waals surface area contributed by atoms with E-state index in [0.717, 1.165) is 28.9 Å². The van der Waals surface area contributed by atoms with Crippen LogP contribution in [0, 0.1) is 5.41 Å². The second-order valence-corrected chi connectivity index (χ2v) is 11.0. The highest BCUT2D eigenvalue weighted by atomic mass is 32.2. The monoisotopic (exact) mass is 485 g/mol. The van der Waals surface area contributed by atoms with Crippen LogP contribution in [-0.2, 0) is 32.5 Å². The molecule has 4 rings (SSSR count). The molecule has 1 fully saturated rings. The van der Waals surface area contributed by atoms with Gasteiger partial charge < -0.3 is 15.0 Å². The van der Waals surface area contributed by atoms with Gasteiger partial charge in [0.15, 0.2) is 0 Å². The lowest BCUT2D eigenvalue weighted by molar-refractivity contribution is -0.140. The largest absolute Gasteiger partial charge is 0.457 e. The van der Waals surface area contributed by atoms with E-state index in [0.29, 0.717) is 45.3 Å². The molecule has 2 amide bonds. The molecule has 2 heterocycles. The van der Waals surface area contributed by atoms with Crippen molar-refractivity contribution in [3.05, 3.63) is 59.7 Å². The van der Waals surface area contributed by atoms with Crippen LogP contribution < -0.4 is 14.8 Å². The summed E-state index contributed by atoms with van der Waals surface area (Å²) in [5.41, 5.74) is 1.48. The molecule has 4 bridgehead atoms. The molecule has 0 aromatic heterocycles. The first-order chi connectivity index (χ1) is 16.2. The molecule has 2 aliphatic heterocycles. The third kappa shape index (κ3) is 6.15. The summed E-state index contributed by atoms with van der Waals surface area (Å²) in [4.78, 5) is 27.8. The van der Waals surface area contributed by atoms with Gasteiger partial charge in [-0.25, -0.2) is 13.1 Å². The van der Waals surface area contributed by atoms with E-state index in [1.54, 1.807) is 4.90 Å². The number of hydrogen-bond acceptors (Lipinski definition) is 5. The molecule has 34 heavy (non-hydrogen) atoms. The normalized spacial score (nSPS) is 18.1. The summed E-state index contributed by atoms with van der Waals surface area (Å²) in [7, 11) is -3.33. The average Bonchev–Trinajstić information content (AvgIpc) is 2.79. The van der Waals surface area contributed by atoms with Crippen LogP contribution in [0.25, 0.3) is 0 Å². The average molecular weight is 486 g/mol. The van der Waals surface area contributed by atoms with Gasteiger partial charge in [-0.2, -0.15) is 0 Å². The van der Waals surface area contributed by atoms with Gasteiger partial charge in [-0.15, -0.1) is 0 Å². The summed E-state index contributed by atoms with van der Waals surface area (Å²) in [5, 5.41) is 3.13. The highest BCUT2D eigenvalue weighted by Crippen LogP contribution is 2.37. The number of sulfonamides is 1. The van der Waals surface area contributed by atoms with Crippen LogP contribution in [0.2, 0.25) is 0 Å². The van der Waals surface area contributed by atoms with E-state index < -0.39 is 15.4 Å². The summed E-state index contributed by atoms with van der Waals surface area (Å²) in [5.74, 6) is 1.41. The zero-order valence-electron chi connectivity index (χ0n) is 19.4. The number of likely N-dealkylation sites (tertiary alicyclic amines) is 1. The number of hydrogen-bond donors (Lipinski definition) is 2. The van der Waals surface area contributed by atoms with Crippen LogP contribution in [-0.4, -0.2) is 57.6 Å². The number of carbonyl (C=O) groups is 2. The second-order valence-electron chi connectivity index (χ2n) is 9.16. The predicted octanol–water partition coefficient (Wildman–Crippen LogP) is 2.24. The number of benzene rings is 2. The van der Waals surface area contributed by atoms with Gasteiger partial charge in [-0.3, -0.25) is 9.59 Å². The fraction of sp³-hybridized carbons (Fsp3) is 0.440. The van der Waals surface area contributed by atoms with Crippen molar-refractivity contribution in [2.75, 3.05) is 32.4 Å². The number of nitrogens with zero attached hydrogens (tertiary/aromatic N) is 1. The van der Waals surface area contributed by atoms with Gasteiger partial charge in [-0.1, -0.05) is 24.3 Å². The van der Waals surface area contributed by atoms with E-state index in [1.165, 1.54) is 0 Å². The van der Waals surface area contributed by atoms with Crippen molar-refractivity contribution >= 4 is 21.8 Å². The Morgan fingerprint density at radius 1 is 1.09 bits per heavy atom. The molecule has 9 heteroatoms. The molecule has 2 aromatic carbocycles. The first-order valence-corrected chi connectivity index (χ1v) is 13.5. The van der Waals surface area contributed by atoms with Gasteiger partial charge in [0.2, 0.25) is 21.8 Å². The number of ether oxygens (including phenoxy) is 1. The van der Waals surface area contributed by atoms with Gasteiger partial charge in [0.1, 0.15) is 11.5 Å². The van der Waals surface area contributed by atoms with Crippen molar-refractivity contribution in [2.45, 2.75) is 32.1 Å². The number of rotatable bonds is 4. The van der Waals surface area contributed by atoms with E-state index in [2.05, 4.69) is 10.0 Å². The Kier molecular flexibility index (Phi) is 7.23. The van der Waals surface area contributed by atoms with Crippen LogP contribution in [0.3, 0.4) is 0 Å². The zero-order valence-corrected chi connectivity index (χ0v) is 20.2. The molecular formula is C25H31N3O5S. The molecule has 2 N–H and O–H groups in total. The van der Waals surface area contributed by atoms with Gasteiger partial charge in [-0.05, 0) is 61.1 Å². The lowest BCUT2D eigenvalue weighted by atomic mass is 9.72. The summed E-state index contributed by atoms with van der Waals surface area (Å²) in [6, 6.07) is 15.7. The summed E-state index contributed by atoms with van der Waals surface area (Å²) in [6.45, 7) is 1.53. The standard InChI is InChI=1S/C25H31N3O5S/c1-34(31,32)27-13-9-23(29)28-14-10-25(11-15-28)18-20-5-3-7-22(17-20)33-21-6-2-4-19(16-21)8-12-26-24(25)30/h2-7,16-17,27H,8-15,18H2,1H3,(H,26,30). The Morgan fingerprint density at radius 3 is 2.41 bits per heavy atom. The van der Waals surface area contributed by atoms with Gasteiger partial charge in [0, 0.05) is 32.6 Å². The van der Waals surface area contributed by atoms with Crippen LogP contribution in [0.15, 0.2) is 48.5 Å². The highest BCUT2D eigenvalue weighted by Gasteiger charge is 2.42. The molecule has 0 saturated carbocycles. The maximum absolute atomic E-state index is 13.4. The number of nitrogens with one attached hydrogen (secondary N) is 2. The molecule has 0 atom stereocenters. The molecule has 8 nitrogen and oxygen atoms in total. The molecule has 2 aromatic rings. The number of fused-ring (bicyclic) bond motifs is 4. The first kappa shape index (κ1) is 24.2. The number of piperidine rings is 1. The third-order valence-electron chi connectivity index (χ3n) is 6.53. The Morgan fingerprint density at radius 2 is 1.74 bits per heavy atom. The smallest absolute Gasteiger partial charge is 0.226 e. The molecule has 0 unspecified atom stereocenters. The van der Waals surface area contributed by atoms with Crippen LogP contribution in [0.4, 0.5) is 0 Å². The summed E-state index contributed by atoms with van der Waals surface area (Å²) in [6.07, 6.45) is 3.53. The van der Waals surface area contributed by atoms with Crippen molar-refractivity contribution in [1.29, 1.82) is 0 Å². The van der Waals surface area contributed by atoms with Gasteiger partial charge in [0.05, 0.1) is 11.7 Å². The third-order valence-corrected chi connectivity index (χ3v) is 7.26. The van der Waals surface area contributed by atoms with Crippen molar-refractivity contribution in [3.63, 3.8) is 0 Å². The maximum atomic E-state index is 13.4. The van der Waals surface area contributed by atoms with Crippen LogP contribution in [0.5, 0.6) is 11.5 Å². The fourth-order valence-electron chi connectivity index (χ4n) is 4.69. The highest BCUT2D eigenvalue weighted by molar-refractivity contribution is 7.88. The van der Waals surface area contributed by atoms with Gasteiger partial charge in [0.25, 0.3) is 0 Å². The summed E-state index contributed by atoms with van der Waals surface area (Å²) < 4.78 is 30.9. The van der Waals surface area contributed by atoms with E-state index in [-0.39, 0.29) is 24.8 Å². The first-order valence-electron chi connectivity index (χ1n) is 11.6. The van der Waals surface area contributed by atoms with E-state index >= 15 is 0 Å². The van der Waals surface area contributed by atoms with Crippen molar-refractivity contribution in [3.8, 4) is 11.5 Å². The van der Waals surface area contributed by atoms with E-state index in [9.17, 15) is 18.0 Å². The fourth-order valence-corrected chi connectivity index (χ4v) is 5.16. The molecular weight excluding hydrogens is 454 g/mol. The molecule has 2 aliphatic rings. The van der Waals surface area contributed by atoms with Crippen molar-refractivity contribution in [1.82, 2.24) is 14.9 Å². The van der Waals surface area contributed by atoms with Gasteiger partial charge >= 0.3 is 0 Å². The van der Waals surface area contributed by atoms with Crippen molar-refractivity contribution < 1.29 is 22.7 Å². The Bertz CT molecular complexity index is 1160. The van der Waals surface area contributed by atoms with Crippen molar-refractivity contribution in [2.24, 2.45) is 5.41 Å². The van der Waals surface area contributed by atoms with E-state index in [1.807, 2.05) is 48.5 Å². The Labute approximate surface area is 200 Å². The molecule has 0 aliphatic carbocycles. The molecule has 0 radical (unpaired) electrons. The van der Waals surface area contributed by atoms with E-state index in [4.69, 9.17) is 4.74 Å². The van der Waals surface area contributed by atoms with Crippen LogP contribution in [0.1, 0.15) is 30.4 Å². The molecule has 1 saturated heterocycles.